The Morgan fingerprint density at radius 3 is 2.75 bits per heavy atom. The van der Waals surface area contributed by atoms with Crippen LogP contribution in [-0.4, -0.2) is 5.11 Å². The van der Waals surface area contributed by atoms with E-state index in [-0.39, 0.29) is 0 Å². The van der Waals surface area contributed by atoms with Gasteiger partial charge < -0.3 is 5.11 Å². The lowest BCUT2D eigenvalue weighted by molar-refractivity contribution is 0.0256. The van der Waals surface area contributed by atoms with Crippen LogP contribution in [0.3, 0.4) is 0 Å². The van der Waals surface area contributed by atoms with Crippen LogP contribution < -0.4 is 0 Å². The summed E-state index contributed by atoms with van der Waals surface area (Å²) in [5.41, 5.74) is 3.49. The summed E-state index contributed by atoms with van der Waals surface area (Å²) in [6.07, 6.45) is 7.80. The molecule has 2 aliphatic rings. The van der Waals surface area contributed by atoms with Crippen molar-refractivity contribution in [2.45, 2.75) is 65.2 Å². The minimum atomic E-state index is 0.434. The van der Waals surface area contributed by atoms with E-state index in [1.807, 2.05) is 12.1 Å². The quantitative estimate of drug-likeness (QED) is 0.777. The molecule has 0 heterocycles. The average Bonchev–Trinajstić information content (AvgIpc) is 2.46. The van der Waals surface area contributed by atoms with Gasteiger partial charge in [-0.1, -0.05) is 39.7 Å². The third kappa shape index (κ3) is 2.06. The van der Waals surface area contributed by atoms with Crippen molar-refractivity contribution in [1.29, 1.82) is 0 Å². The Labute approximate surface area is 123 Å². The van der Waals surface area contributed by atoms with E-state index < -0.39 is 0 Å². The fourth-order valence-corrected chi connectivity index (χ4v) is 5.20. The molecule has 4 atom stereocenters. The van der Waals surface area contributed by atoms with E-state index in [0.717, 1.165) is 24.2 Å². The van der Waals surface area contributed by atoms with E-state index in [0.29, 0.717) is 11.2 Å². The molecule has 110 valence electrons. The molecule has 1 fully saturated rings. The van der Waals surface area contributed by atoms with Crippen molar-refractivity contribution in [1.82, 2.24) is 0 Å². The maximum absolute atomic E-state index is 9.70. The minimum absolute atomic E-state index is 0.434. The van der Waals surface area contributed by atoms with Crippen molar-refractivity contribution in [2.24, 2.45) is 17.3 Å². The summed E-state index contributed by atoms with van der Waals surface area (Å²) in [4.78, 5) is 0. The summed E-state index contributed by atoms with van der Waals surface area (Å²) in [6.45, 7) is 7.27. The molecule has 1 aromatic carbocycles. The molecule has 1 heteroatoms. The fourth-order valence-electron chi connectivity index (χ4n) is 5.20. The molecule has 1 aromatic rings. The van der Waals surface area contributed by atoms with Crippen LogP contribution in [0.1, 0.15) is 69.9 Å². The second kappa shape index (κ2) is 5.09. The molecule has 20 heavy (non-hydrogen) atoms. The van der Waals surface area contributed by atoms with Crippen LogP contribution >= 0.6 is 0 Å². The van der Waals surface area contributed by atoms with Gasteiger partial charge in [0, 0.05) is 0 Å². The van der Waals surface area contributed by atoms with E-state index in [1.165, 1.54) is 43.2 Å². The maximum atomic E-state index is 9.70. The number of hydrogen-bond donors (Lipinski definition) is 1. The first-order chi connectivity index (χ1) is 9.59. The molecule has 0 spiro atoms. The van der Waals surface area contributed by atoms with Gasteiger partial charge in [-0.3, -0.25) is 0 Å². The monoisotopic (exact) mass is 272 g/mol. The van der Waals surface area contributed by atoms with Crippen molar-refractivity contribution >= 4 is 0 Å². The average molecular weight is 272 g/mol. The number of phenols is 1. The topological polar surface area (TPSA) is 20.2 Å². The van der Waals surface area contributed by atoms with Gasteiger partial charge in [0.05, 0.1) is 0 Å². The predicted molar refractivity (Wildman–Crippen MR) is 84.1 cm³/mol. The Bertz CT molecular complexity index is 493. The number of hydrogen-bond acceptors (Lipinski definition) is 1. The summed E-state index contributed by atoms with van der Waals surface area (Å²) in [5, 5.41) is 9.70. The zero-order valence-electron chi connectivity index (χ0n) is 13.2. The summed E-state index contributed by atoms with van der Waals surface area (Å²) in [6, 6.07) is 6.08. The number of aryl methyl sites for hydroxylation is 1. The molecule has 0 amide bonds. The minimum Gasteiger partial charge on any atom is -0.508 e. The Morgan fingerprint density at radius 1 is 1.25 bits per heavy atom. The maximum Gasteiger partial charge on any atom is 0.115 e. The zero-order chi connectivity index (χ0) is 14.3. The van der Waals surface area contributed by atoms with Gasteiger partial charge in [-0.15, -0.1) is 0 Å². The second-order valence-corrected chi connectivity index (χ2v) is 7.25. The Kier molecular flexibility index (Phi) is 3.56. The molecule has 4 unspecified atom stereocenters. The van der Waals surface area contributed by atoms with Crippen molar-refractivity contribution < 1.29 is 5.11 Å². The lowest BCUT2D eigenvalue weighted by Gasteiger charge is -2.52. The summed E-state index contributed by atoms with van der Waals surface area (Å²) >= 11 is 0. The van der Waals surface area contributed by atoms with Crippen molar-refractivity contribution in [3.8, 4) is 5.75 Å². The summed E-state index contributed by atoms with van der Waals surface area (Å²) in [7, 11) is 0. The standard InChI is InChI=1S/C19H28O/c1-4-18-17-8-6-13-12-14(20)7-9-15(13)16(17)10-11-19(18,3)5-2/h7,9,12,16-18,20H,4-6,8,10-11H2,1-3H3. The smallest absolute Gasteiger partial charge is 0.115 e. The van der Waals surface area contributed by atoms with Gasteiger partial charge in [-0.05, 0) is 72.1 Å². The van der Waals surface area contributed by atoms with E-state index >= 15 is 0 Å². The lowest BCUT2D eigenvalue weighted by Crippen LogP contribution is -2.42. The van der Waals surface area contributed by atoms with Crippen LogP contribution in [0, 0.1) is 17.3 Å². The third-order valence-electron chi connectivity index (χ3n) is 6.48. The van der Waals surface area contributed by atoms with Gasteiger partial charge in [0.2, 0.25) is 0 Å². The SMILES string of the molecule is CCC1C2CCc3cc(O)ccc3C2CCC1(C)CC. The molecule has 0 aromatic heterocycles. The van der Waals surface area contributed by atoms with Gasteiger partial charge in [0.15, 0.2) is 0 Å². The number of rotatable bonds is 2. The normalized spacial score (nSPS) is 36.2. The van der Waals surface area contributed by atoms with Crippen molar-refractivity contribution in [2.75, 3.05) is 0 Å². The van der Waals surface area contributed by atoms with E-state index in [4.69, 9.17) is 0 Å². The van der Waals surface area contributed by atoms with Gasteiger partial charge in [-0.2, -0.15) is 0 Å². The first-order valence-electron chi connectivity index (χ1n) is 8.41. The zero-order valence-corrected chi connectivity index (χ0v) is 13.2. The van der Waals surface area contributed by atoms with Crippen LogP contribution in [0.15, 0.2) is 18.2 Å². The predicted octanol–water partition coefficient (Wildman–Crippen LogP) is 5.27. The molecule has 0 bridgehead atoms. The molecule has 0 aliphatic heterocycles. The lowest BCUT2D eigenvalue weighted by atomic mass is 9.53. The van der Waals surface area contributed by atoms with Gasteiger partial charge in [0.25, 0.3) is 0 Å². The second-order valence-electron chi connectivity index (χ2n) is 7.25. The molecule has 3 rings (SSSR count). The fraction of sp³-hybridized carbons (Fsp3) is 0.684. The van der Waals surface area contributed by atoms with Crippen molar-refractivity contribution in [3.05, 3.63) is 29.3 Å². The van der Waals surface area contributed by atoms with E-state index in [2.05, 4.69) is 26.8 Å². The highest BCUT2D eigenvalue weighted by Crippen LogP contribution is 2.56. The molecule has 0 saturated heterocycles. The van der Waals surface area contributed by atoms with Crippen LogP contribution in [0.4, 0.5) is 0 Å². The van der Waals surface area contributed by atoms with Gasteiger partial charge in [-0.25, -0.2) is 0 Å². The molecular weight excluding hydrogens is 244 g/mol. The van der Waals surface area contributed by atoms with E-state index in [1.54, 1.807) is 0 Å². The highest BCUT2D eigenvalue weighted by Gasteiger charge is 2.46. The molecule has 2 aliphatic carbocycles. The molecular formula is C19H28O. The molecule has 1 N–H and O–H groups in total. The Balaban J connectivity index is 1.96. The van der Waals surface area contributed by atoms with Crippen molar-refractivity contribution in [3.63, 3.8) is 0 Å². The number of phenolic OH excluding ortho intramolecular Hbond substituents is 1. The largest absolute Gasteiger partial charge is 0.508 e. The Hall–Kier alpha value is -0.980. The number of fused-ring (bicyclic) bond motifs is 3. The third-order valence-corrected chi connectivity index (χ3v) is 6.48. The number of benzene rings is 1. The van der Waals surface area contributed by atoms with Crippen LogP contribution in [0.25, 0.3) is 0 Å². The first kappa shape index (κ1) is 14.0. The molecule has 1 saturated carbocycles. The van der Waals surface area contributed by atoms with Crippen LogP contribution in [0.2, 0.25) is 0 Å². The summed E-state index contributed by atoms with van der Waals surface area (Å²) in [5.74, 6) is 2.90. The first-order valence-corrected chi connectivity index (χ1v) is 8.41. The Morgan fingerprint density at radius 2 is 2.05 bits per heavy atom. The summed E-state index contributed by atoms with van der Waals surface area (Å²) < 4.78 is 0. The molecule has 0 radical (unpaired) electrons. The van der Waals surface area contributed by atoms with E-state index in [9.17, 15) is 5.11 Å². The number of aromatic hydroxyl groups is 1. The molecule has 1 nitrogen and oxygen atoms in total. The van der Waals surface area contributed by atoms with Crippen LogP contribution in [0.5, 0.6) is 5.75 Å². The van der Waals surface area contributed by atoms with Crippen LogP contribution in [-0.2, 0) is 6.42 Å². The highest BCUT2D eigenvalue weighted by molar-refractivity contribution is 5.39. The van der Waals surface area contributed by atoms with Gasteiger partial charge in [0.1, 0.15) is 5.75 Å². The van der Waals surface area contributed by atoms with Gasteiger partial charge >= 0.3 is 0 Å². The highest BCUT2D eigenvalue weighted by atomic mass is 16.3.